The van der Waals surface area contributed by atoms with E-state index in [1.807, 2.05) is 25.8 Å². The Bertz CT molecular complexity index is 749. The number of hydrogen-bond donors (Lipinski definition) is 1. The first-order valence-corrected chi connectivity index (χ1v) is 9.33. The molecule has 1 aromatic heterocycles. The van der Waals surface area contributed by atoms with Gasteiger partial charge in [-0.05, 0) is 24.0 Å². The van der Waals surface area contributed by atoms with Gasteiger partial charge in [-0.2, -0.15) is 0 Å². The first kappa shape index (κ1) is 17.1. The maximum Gasteiger partial charge on any atom is 0.193 e. The standard InChI is InChI=1S/C20H27N5O/c1-21-19(25-8-5-20(14-25)6-10-26-15-20)23-12-17-3-2-4-18(11-17)13-24-9-7-22-16-24/h2-4,7,9,11,16H,5-6,8,10,12-15H2,1H3,(H,21,23). The molecule has 2 saturated heterocycles. The predicted molar refractivity (Wildman–Crippen MR) is 102 cm³/mol. The molecule has 1 unspecified atom stereocenters. The van der Waals surface area contributed by atoms with Crippen LogP contribution >= 0.6 is 0 Å². The minimum absolute atomic E-state index is 0.350. The Morgan fingerprint density at radius 2 is 2.27 bits per heavy atom. The summed E-state index contributed by atoms with van der Waals surface area (Å²) >= 11 is 0. The summed E-state index contributed by atoms with van der Waals surface area (Å²) in [7, 11) is 1.87. The fraction of sp³-hybridized carbons (Fsp3) is 0.500. The van der Waals surface area contributed by atoms with Gasteiger partial charge in [0.2, 0.25) is 0 Å². The third-order valence-electron chi connectivity index (χ3n) is 5.50. The van der Waals surface area contributed by atoms with E-state index in [1.165, 1.54) is 24.0 Å². The lowest BCUT2D eigenvalue weighted by Gasteiger charge is -2.25. The van der Waals surface area contributed by atoms with Crippen LogP contribution in [0.1, 0.15) is 24.0 Å². The van der Waals surface area contributed by atoms with Gasteiger partial charge >= 0.3 is 0 Å². The Balaban J connectivity index is 1.35. The van der Waals surface area contributed by atoms with E-state index in [0.717, 1.165) is 45.4 Å². The van der Waals surface area contributed by atoms with Gasteiger partial charge in [-0.25, -0.2) is 4.98 Å². The van der Waals surface area contributed by atoms with Crippen LogP contribution in [0.5, 0.6) is 0 Å². The molecule has 6 heteroatoms. The summed E-state index contributed by atoms with van der Waals surface area (Å²) < 4.78 is 7.72. The van der Waals surface area contributed by atoms with Gasteiger partial charge in [0, 0.05) is 57.6 Å². The third-order valence-corrected chi connectivity index (χ3v) is 5.50. The van der Waals surface area contributed by atoms with E-state index in [0.29, 0.717) is 5.41 Å². The molecular formula is C20H27N5O. The summed E-state index contributed by atoms with van der Waals surface area (Å²) in [6.45, 7) is 5.54. The zero-order valence-electron chi connectivity index (χ0n) is 15.4. The molecule has 6 nitrogen and oxygen atoms in total. The minimum Gasteiger partial charge on any atom is -0.381 e. The number of likely N-dealkylation sites (tertiary alicyclic amines) is 1. The Morgan fingerprint density at radius 3 is 3.04 bits per heavy atom. The number of benzene rings is 1. The van der Waals surface area contributed by atoms with Gasteiger partial charge in [-0.1, -0.05) is 24.3 Å². The predicted octanol–water partition coefficient (Wildman–Crippen LogP) is 2.12. The summed E-state index contributed by atoms with van der Waals surface area (Å²) in [4.78, 5) is 11.0. The molecule has 0 bridgehead atoms. The van der Waals surface area contributed by atoms with Crippen molar-refractivity contribution in [2.24, 2.45) is 10.4 Å². The number of nitrogens with one attached hydrogen (secondary N) is 1. The lowest BCUT2D eigenvalue weighted by molar-refractivity contribution is 0.156. The lowest BCUT2D eigenvalue weighted by atomic mass is 9.87. The van der Waals surface area contributed by atoms with Crippen LogP contribution in [0.25, 0.3) is 0 Å². The van der Waals surface area contributed by atoms with E-state index in [1.54, 1.807) is 0 Å². The highest BCUT2D eigenvalue weighted by molar-refractivity contribution is 5.80. The molecule has 0 saturated carbocycles. The first-order valence-electron chi connectivity index (χ1n) is 9.33. The van der Waals surface area contributed by atoms with Crippen LogP contribution in [0.15, 0.2) is 48.0 Å². The Kier molecular flexibility index (Phi) is 4.93. The van der Waals surface area contributed by atoms with E-state index in [4.69, 9.17) is 4.74 Å². The van der Waals surface area contributed by atoms with Crippen molar-refractivity contribution in [3.63, 3.8) is 0 Å². The number of aliphatic imine (C=N–C) groups is 1. The Hall–Kier alpha value is -2.34. The van der Waals surface area contributed by atoms with E-state index in [-0.39, 0.29) is 0 Å². The summed E-state index contributed by atoms with van der Waals surface area (Å²) in [5.74, 6) is 0.994. The maximum atomic E-state index is 5.64. The van der Waals surface area contributed by atoms with Crippen molar-refractivity contribution in [3.8, 4) is 0 Å². The monoisotopic (exact) mass is 353 g/mol. The molecule has 1 spiro atoms. The molecule has 2 aliphatic heterocycles. The molecule has 26 heavy (non-hydrogen) atoms. The second kappa shape index (κ2) is 7.50. The molecular weight excluding hydrogens is 326 g/mol. The summed E-state index contributed by atoms with van der Waals surface area (Å²) in [5, 5.41) is 3.54. The average molecular weight is 353 g/mol. The fourth-order valence-electron chi connectivity index (χ4n) is 4.03. The summed E-state index contributed by atoms with van der Waals surface area (Å²) in [6, 6.07) is 8.68. The van der Waals surface area contributed by atoms with Gasteiger partial charge in [-0.15, -0.1) is 0 Å². The highest BCUT2D eigenvalue weighted by Crippen LogP contribution is 2.38. The van der Waals surface area contributed by atoms with Crippen molar-refractivity contribution in [1.82, 2.24) is 19.8 Å². The number of ether oxygens (including phenoxy) is 1. The highest BCUT2D eigenvalue weighted by Gasteiger charge is 2.42. The average Bonchev–Trinajstić information content (AvgIpc) is 3.40. The largest absolute Gasteiger partial charge is 0.381 e. The van der Waals surface area contributed by atoms with Crippen molar-refractivity contribution < 1.29 is 4.74 Å². The third kappa shape index (κ3) is 3.75. The maximum absolute atomic E-state index is 5.64. The normalized spacial score (nSPS) is 23.1. The number of nitrogens with zero attached hydrogens (tertiary/aromatic N) is 4. The van der Waals surface area contributed by atoms with Gasteiger partial charge in [0.05, 0.1) is 12.9 Å². The molecule has 0 amide bonds. The smallest absolute Gasteiger partial charge is 0.193 e. The SMILES string of the molecule is CN=C(NCc1cccc(Cn2ccnc2)c1)N1CCC2(CCOC2)C1. The number of aromatic nitrogens is 2. The van der Waals surface area contributed by atoms with Crippen LogP contribution < -0.4 is 5.32 Å². The van der Waals surface area contributed by atoms with Gasteiger partial charge in [0.1, 0.15) is 0 Å². The molecule has 0 radical (unpaired) electrons. The molecule has 1 aromatic carbocycles. The zero-order valence-corrected chi connectivity index (χ0v) is 15.4. The lowest BCUT2D eigenvalue weighted by Crippen LogP contribution is -2.41. The van der Waals surface area contributed by atoms with E-state index in [2.05, 4.69) is 49.0 Å². The van der Waals surface area contributed by atoms with Gasteiger partial charge in [0.15, 0.2) is 5.96 Å². The molecule has 2 fully saturated rings. The molecule has 2 aromatic rings. The van der Waals surface area contributed by atoms with Crippen molar-refractivity contribution in [1.29, 1.82) is 0 Å². The zero-order chi connectivity index (χ0) is 17.8. The van der Waals surface area contributed by atoms with E-state index >= 15 is 0 Å². The molecule has 1 N–H and O–H groups in total. The Morgan fingerprint density at radius 1 is 1.35 bits per heavy atom. The van der Waals surface area contributed by atoms with Gasteiger partial charge < -0.3 is 19.5 Å². The minimum atomic E-state index is 0.350. The number of hydrogen-bond acceptors (Lipinski definition) is 3. The van der Waals surface area contributed by atoms with Crippen LogP contribution in [-0.4, -0.2) is 53.8 Å². The van der Waals surface area contributed by atoms with Crippen molar-refractivity contribution >= 4 is 5.96 Å². The highest BCUT2D eigenvalue weighted by atomic mass is 16.5. The molecule has 1 atom stereocenters. The first-order chi connectivity index (χ1) is 12.8. The van der Waals surface area contributed by atoms with Crippen molar-refractivity contribution in [3.05, 3.63) is 54.1 Å². The van der Waals surface area contributed by atoms with Crippen LogP contribution in [0.4, 0.5) is 0 Å². The molecule has 4 rings (SSSR count). The van der Waals surface area contributed by atoms with Crippen molar-refractivity contribution in [2.45, 2.75) is 25.9 Å². The van der Waals surface area contributed by atoms with Crippen LogP contribution in [-0.2, 0) is 17.8 Å². The number of imidazole rings is 1. The van der Waals surface area contributed by atoms with Crippen LogP contribution in [0, 0.1) is 5.41 Å². The second-order valence-electron chi connectivity index (χ2n) is 7.43. The quantitative estimate of drug-likeness (QED) is 0.676. The van der Waals surface area contributed by atoms with Gasteiger partial charge in [0.25, 0.3) is 0 Å². The van der Waals surface area contributed by atoms with E-state index in [9.17, 15) is 0 Å². The van der Waals surface area contributed by atoms with Crippen LogP contribution in [0.2, 0.25) is 0 Å². The summed E-state index contributed by atoms with van der Waals surface area (Å²) in [6.07, 6.45) is 8.03. The molecule has 3 heterocycles. The molecule has 138 valence electrons. The molecule has 0 aliphatic carbocycles. The fourth-order valence-corrected chi connectivity index (χ4v) is 4.03. The number of rotatable bonds is 4. The topological polar surface area (TPSA) is 54.7 Å². The Labute approximate surface area is 154 Å². The van der Waals surface area contributed by atoms with Crippen molar-refractivity contribution in [2.75, 3.05) is 33.4 Å². The van der Waals surface area contributed by atoms with E-state index < -0.39 is 0 Å². The summed E-state index contributed by atoms with van der Waals surface area (Å²) in [5.41, 5.74) is 2.89. The molecule has 2 aliphatic rings. The second-order valence-corrected chi connectivity index (χ2v) is 7.43. The van der Waals surface area contributed by atoms with Crippen LogP contribution in [0.3, 0.4) is 0 Å². The van der Waals surface area contributed by atoms with Gasteiger partial charge in [-0.3, -0.25) is 4.99 Å². The number of guanidine groups is 1.